The van der Waals surface area contributed by atoms with Crippen LogP contribution < -0.4 is 10.1 Å². The average molecular weight is 351 g/mol. The minimum atomic E-state index is -0.537. The van der Waals surface area contributed by atoms with Crippen molar-refractivity contribution in [1.82, 2.24) is 9.78 Å². The van der Waals surface area contributed by atoms with E-state index in [1.54, 1.807) is 10.7 Å². The van der Waals surface area contributed by atoms with Gasteiger partial charge in [-0.25, -0.2) is 14.1 Å². The molecule has 3 rings (SSSR count). The van der Waals surface area contributed by atoms with Crippen molar-refractivity contribution >= 4 is 5.91 Å². The highest BCUT2D eigenvalue weighted by atomic mass is 19.1. The third-order valence-electron chi connectivity index (χ3n) is 3.54. The van der Waals surface area contributed by atoms with Gasteiger partial charge in [0.15, 0.2) is 0 Å². The first-order valence-electron chi connectivity index (χ1n) is 8.29. The monoisotopic (exact) mass is 351 g/mol. The lowest BCUT2D eigenvalue weighted by molar-refractivity contribution is 0.0998. The number of hydrogen-bond acceptors (Lipinski definition) is 3. The van der Waals surface area contributed by atoms with E-state index in [1.807, 2.05) is 37.3 Å². The summed E-state index contributed by atoms with van der Waals surface area (Å²) in [5, 5.41) is 4.68. The molecule has 0 unspecified atom stereocenters. The van der Waals surface area contributed by atoms with Gasteiger partial charge in [0.2, 0.25) is 5.88 Å². The summed E-state index contributed by atoms with van der Waals surface area (Å²) in [6, 6.07) is 16.6. The van der Waals surface area contributed by atoms with Crippen LogP contribution in [0.1, 0.15) is 23.7 Å². The predicted octanol–water partition coefficient (Wildman–Crippen LogP) is 3.54. The van der Waals surface area contributed by atoms with Crippen LogP contribution in [0.5, 0.6) is 5.88 Å². The van der Waals surface area contributed by atoms with E-state index < -0.39 is 11.7 Å². The number of aromatic nitrogens is 2. The maximum Gasteiger partial charge on any atom is 0.277 e. The molecule has 0 bridgehead atoms. The summed E-state index contributed by atoms with van der Waals surface area (Å²) in [6.07, 6.45) is 2.31. The van der Waals surface area contributed by atoms with Crippen molar-refractivity contribution in [3.8, 4) is 11.6 Å². The van der Waals surface area contributed by atoms with Gasteiger partial charge in [0.25, 0.3) is 5.91 Å². The summed E-state index contributed by atoms with van der Waals surface area (Å²) >= 11 is 0. The van der Waals surface area contributed by atoms with Gasteiger partial charge in [-0.15, -0.1) is 0 Å². The number of hydrogen-bond donors (Lipinski definition) is 0. The van der Waals surface area contributed by atoms with Crippen LogP contribution in [0, 0.1) is 5.82 Å². The maximum absolute atomic E-state index is 13.3. The molecule has 0 atom stereocenters. The van der Waals surface area contributed by atoms with E-state index in [9.17, 15) is 9.18 Å². The highest BCUT2D eigenvalue weighted by Crippen LogP contribution is 2.14. The molecule has 0 aliphatic rings. The molecule has 6 heteroatoms. The van der Waals surface area contributed by atoms with Crippen molar-refractivity contribution in [2.75, 3.05) is 6.61 Å². The molecule has 0 radical (unpaired) electrons. The van der Waals surface area contributed by atoms with Crippen molar-refractivity contribution in [3.63, 3.8) is 0 Å². The number of nitrogens with zero attached hydrogens (tertiary/aromatic N) is 3. The maximum atomic E-state index is 13.3. The van der Waals surface area contributed by atoms with Crippen LogP contribution in [-0.2, 0) is 0 Å². The Hall–Kier alpha value is -3.28. The quantitative estimate of drug-likeness (QED) is 0.706. The highest BCUT2D eigenvalue weighted by Gasteiger charge is 2.08. The van der Waals surface area contributed by atoms with E-state index in [2.05, 4.69) is 10.1 Å². The first-order chi connectivity index (χ1) is 12.7. The smallest absolute Gasteiger partial charge is 0.277 e. The fourth-order valence-corrected chi connectivity index (χ4v) is 2.34. The highest BCUT2D eigenvalue weighted by molar-refractivity contribution is 5.94. The number of ether oxygens (including phenoxy) is 1. The molecule has 0 aliphatic heterocycles. The van der Waals surface area contributed by atoms with Crippen LogP contribution in [0.4, 0.5) is 4.39 Å². The molecule has 1 aromatic heterocycles. The van der Waals surface area contributed by atoms with Gasteiger partial charge in [0.1, 0.15) is 5.82 Å². The van der Waals surface area contributed by atoms with Gasteiger partial charge in [-0.1, -0.05) is 31.2 Å². The van der Waals surface area contributed by atoms with Crippen molar-refractivity contribution in [1.29, 1.82) is 0 Å². The number of rotatable bonds is 5. The second-order valence-electron chi connectivity index (χ2n) is 5.58. The van der Waals surface area contributed by atoms with Crippen LogP contribution >= 0.6 is 0 Å². The molecule has 0 spiro atoms. The molecular weight excluding hydrogens is 333 g/mol. The molecular formula is C20H18FN3O2. The van der Waals surface area contributed by atoms with Crippen LogP contribution in [0.15, 0.2) is 71.9 Å². The first-order valence-corrected chi connectivity index (χ1v) is 8.29. The number of halogens is 1. The SMILES string of the molecule is CCCOc1c/c(=N\C(=O)c2cccc(F)c2)cnn1-c1ccccc1. The second kappa shape index (κ2) is 8.20. The van der Waals surface area contributed by atoms with Crippen LogP contribution in [-0.4, -0.2) is 22.3 Å². The van der Waals surface area contributed by atoms with Gasteiger partial charge < -0.3 is 4.74 Å². The number of benzene rings is 2. The van der Waals surface area contributed by atoms with Crippen LogP contribution in [0.2, 0.25) is 0 Å². The molecule has 0 saturated heterocycles. The topological polar surface area (TPSA) is 56.5 Å². The number of para-hydroxylation sites is 1. The first kappa shape index (κ1) is 17.5. The van der Waals surface area contributed by atoms with E-state index in [-0.39, 0.29) is 5.56 Å². The number of amides is 1. The molecule has 26 heavy (non-hydrogen) atoms. The number of carbonyl (C=O) groups is 1. The van der Waals surface area contributed by atoms with Crippen molar-refractivity contribution in [2.45, 2.75) is 13.3 Å². The second-order valence-corrected chi connectivity index (χ2v) is 5.58. The van der Waals surface area contributed by atoms with E-state index in [1.165, 1.54) is 24.4 Å². The summed E-state index contributed by atoms with van der Waals surface area (Å²) in [6.45, 7) is 2.51. The van der Waals surface area contributed by atoms with Gasteiger partial charge in [-0.2, -0.15) is 5.10 Å². The minimum Gasteiger partial charge on any atom is -0.478 e. The van der Waals surface area contributed by atoms with E-state index in [0.29, 0.717) is 17.8 Å². The van der Waals surface area contributed by atoms with E-state index in [4.69, 9.17) is 4.74 Å². The normalized spacial score (nSPS) is 11.4. The lowest BCUT2D eigenvalue weighted by atomic mass is 10.2. The Morgan fingerprint density at radius 3 is 2.69 bits per heavy atom. The third kappa shape index (κ3) is 4.22. The number of carbonyl (C=O) groups excluding carboxylic acids is 1. The van der Waals surface area contributed by atoms with Gasteiger partial charge in [0.05, 0.1) is 23.8 Å². The Morgan fingerprint density at radius 2 is 1.96 bits per heavy atom. The zero-order chi connectivity index (χ0) is 18.4. The average Bonchev–Trinajstić information content (AvgIpc) is 2.67. The standard InChI is InChI=1S/C20H18FN3O2/c1-2-11-26-19-13-17(14-22-24(19)18-9-4-3-5-10-18)23-20(25)15-7-6-8-16(21)12-15/h3-10,12-14H,2,11H2,1H3/b23-17+. The molecule has 3 aromatic rings. The van der Waals surface area contributed by atoms with Crippen molar-refractivity contribution in [3.05, 3.63) is 83.6 Å². The van der Waals surface area contributed by atoms with Gasteiger partial charge in [0, 0.05) is 11.6 Å². The summed E-state index contributed by atoms with van der Waals surface area (Å²) in [5.41, 5.74) is 1.02. The molecule has 0 saturated carbocycles. The molecule has 5 nitrogen and oxygen atoms in total. The summed E-state index contributed by atoms with van der Waals surface area (Å²) < 4.78 is 20.7. The lowest BCUT2D eigenvalue weighted by Crippen LogP contribution is -2.15. The largest absolute Gasteiger partial charge is 0.478 e. The minimum absolute atomic E-state index is 0.181. The molecule has 1 heterocycles. The molecule has 132 valence electrons. The molecule has 0 fully saturated rings. The van der Waals surface area contributed by atoms with Crippen LogP contribution in [0.25, 0.3) is 5.69 Å². The summed E-state index contributed by atoms with van der Waals surface area (Å²) in [4.78, 5) is 16.3. The predicted molar refractivity (Wildman–Crippen MR) is 95.6 cm³/mol. The Balaban J connectivity index is 1.99. The Kier molecular flexibility index (Phi) is 5.53. The van der Waals surface area contributed by atoms with Gasteiger partial charge in [-0.3, -0.25) is 4.79 Å². The fraction of sp³-hybridized carbons (Fsp3) is 0.150. The summed E-state index contributed by atoms with van der Waals surface area (Å²) in [7, 11) is 0. The molecule has 2 aromatic carbocycles. The Bertz CT molecular complexity index is 968. The van der Waals surface area contributed by atoms with E-state index in [0.717, 1.165) is 18.2 Å². The summed E-state index contributed by atoms with van der Waals surface area (Å²) in [5.74, 6) is -0.539. The Morgan fingerprint density at radius 1 is 1.15 bits per heavy atom. The zero-order valence-corrected chi connectivity index (χ0v) is 14.3. The van der Waals surface area contributed by atoms with Crippen molar-refractivity contribution in [2.24, 2.45) is 4.99 Å². The van der Waals surface area contributed by atoms with Gasteiger partial charge in [-0.05, 0) is 36.8 Å². The lowest BCUT2D eigenvalue weighted by Gasteiger charge is -2.12. The Labute approximate surface area is 150 Å². The zero-order valence-electron chi connectivity index (χ0n) is 14.3. The van der Waals surface area contributed by atoms with Gasteiger partial charge >= 0.3 is 0 Å². The molecule has 0 aliphatic carbocycles. The van der Waals surface area contributed by atoms with Crippen LogP contribution in [0.3, 0.4) is 0 Å². The fourth-order valence-electron chi connectivity index (χ4n) is 2.34. The van der Waals surface area contributed by atoms with E-state index >= 15 is 0 Å². The third-order valence-corrected chi connectivity index (χ3v) is 3.54. The van der Waals surface area contributed by atoms with Crippen molar-refractivity contribution < 1.29 is 13.9 Å². The molecule has 0 N–H and O–H groups in total. The molecule has 1 amide bonds.